The van der Waals surface area contributed by atoms with Gasteiger partial charge in [0.2, 0.25) is 0 Å². The number of rotatable bonds is 1. The number of carbonyl (C=O) groups is 1. The Balaban J connectivity index is 2.20. The van der Waals surface area contributed by atoms with Gasteiger partial charge in [-0.05, 0) is 35.0 Å². The third kappa shape index (κ3) is 1.67. The van der Waals surface area contributed by atoms with Crippen LogP contribution in [0, 0.1) is 0 Å². The molecule has 86 valence electrons. The number of carboxylic acid groups (broad SMARTS) is 1. The van der Waals surface area contributed by atoms with E-state index in [0.29, 0.717) is 24.7 Å². The van der Waals surface area contributed by atoms with Crippen LogP contribution in [0.2, 0.25) is 0 Å². The predicted octanol–water partition coefficient (Wildman–Crippen LogP) is 2.31. The van der Waals surface area contributed by atoms with Gasteiger partial charge in [-0.3, -0.25) is 0 Å². The Hall–Kier alpha value is -2.23. The topological polar surface area (TPSA) is 55.8 Å². The van der Waals surface area contributed by atoms with E-state index in [4.69, 9.17) is 14.6 Å². The zero-order chi connectivity index (χ0) is 11.8. The fraction of sp³-hybridized carbons (Fsp3) is 0.154. The van der Waals surface area contributed by atoms with Gasteiger partial charge in [-0.1, -0.05) is 6.07 Å². The predicted molar refractivity (Wildman–Crippen MR) is 61.9 cm³/mol. The molecule has 2 aromatic rings. The zero-order valence-corrected chi connectivity index (χ0v) is 8.97. The van der Waals surface area contributed by atoms with Gasteiger partial charge in [0, 0.05) is 0 Å². The molecule has 1 N–H and O–H groups in total. The Kier molecular flexibility index (Phi) is 2.14. The van der Waals surface area contributed by atoms with Crippen molar-refractivity contribution in [2.24, 2.45) is 0 Å². The lowest BCUT2D eigenvalue weighted by molar-refractivity contribution is 0.0697. The van der Waals surface area contributed by atoms with Crippen LogP contribution >= 0.6 is 0 Å². The number of hydrogen-bond donors (Lipinski definition) is 1. The van der Waals surface area contributed by atoms with Gasteiger partial charge in [-0.15, -0.1) is 0 Å². The Morgan fingerprint density at radius 2 is 1.65 bits per heavy atom. The van der Waals surface area contributed by atoms with Gasteiger partial charge in [-0.25, -0.2) is 4.79 Å². The first-order chi connectivity index (χ1) is 8.24. The Labute approximate surface area is 97.4 Å². The van der Waals surface area contributed by atoms with E-state index in [2.05, 4.69) is 0 Å². The molecule has 0 aromatic heterocycles. The van der Waals surface area contributed by atoms with Crippen molar-refractivity contribution in [3.05, 3.63) is 35.9 Å². The van der Waals surface area contributed by atoms with Gasteiger partial charge >= 0.3 is 5.97 Å². The maximum absolute atomic E-state index is 10.9. The summed E-state index contributed by atoms with van der Waals surface area (Å²) >= 11 is 0. The molecule has 0 radical (unpaired) electrons. The fourth-order valence-corrected chi connectivity index (χ4v) is 1.92. The molecule has 1 aliphatic rings. The van der Waals surface area contributed by atoms with Crippen molar-refractivity contribution < 1.29 is 19.4 Å². The molecule has 3 rings (SSSR count). The monoisotopic (exact) mass is 230 g/mol. The molecule has 1 aliphatic heterocycles. The van der Waals surface area contributed by atoms with Crippen LogP contribution in [-0.2, 0) is 0 Å². The second-order valence-electron chi connectivity index (χ2n) is 3.86. The normalized spacial score (nSPS) is 13.6. The highest BCUT2D eigenvalue weighted by Gasteiger charge is 2.13. The quantitative estimate of drug-likeness (QED) is 0.816. The summed E-state index contributed by atoms with van der Waals surface area (Å²) in [6.45, 7) is 1.07. The molecule has 0 aliphatic carbocycles. The molecule has 2 aromatic carbocycles. The van der Waals surface area contributed by atoms with Crippen molar-refractivity contribution in [3.63, 3.8) is 0 Å². The Morgan fingerprint density at radius 3 is 2.29 bits per heavy atom. The minimum absolute atomic E-state index is 0.272. The molecule has 0 unspecified atom stereocenters. The first-order valence-corrected chi connectivity index (χ1v) is 5.31. The van der Waals surface area contributed by atoms with Crippen LogP contribution in [0.4, 0.5) is 0 Å². The second kappa shape index (κ2) is 3.66. The standard InChI is InChI=1S/C13H10O4/c14-13(15)9-2-1-8-6-11-12(7-10(8)5-9)17-4-3-16-11/h1-2,5-7H,3-4H2,(H,14,15). The van der Waals surface area contributed by atoms with Crippen molar-refractivity contribution in [1.29, 1.82) is 0 Å². The van der Waals surface area contributed by atoms with Gasteiger partial charge in [0.25, 0.3) is 0 Å². The van der Waals surface area contributed by atoms with Crippen LogP contribution in [0.25, 0.3) is 10.8 Å². The third-order valence-electron chi connectivity index (χ3n) is 2.75. The minimum Gasteiger partial charge on any atom is -0.486 e. The van der Waals surface area contributed by atoms with Crippen LogP contribution in [0.1, 0.15) is 10.4 Å². The number of hydrogen-bond acceptors (Lipinski definition) is 3. The van der Waals surface area contributed by atoms with Crippen LogP contribution < -0.4 is 9.47 Å². The molecule has 0 bridgehead atoms. The summed E-state index contributed by atoms with van der Waals surface area (Å²) in [6.07, 6.45) is 0. The second-order valence-corrected chi connectivity index (χ2v) is 3.86. The first-order valence-electron chi connectivity index (χ1n) is 5.31. The molecular weight excluding hydrogens is 220 g/mol. The smallest absolute Gasteiger partial charge is 0.335 e. The van der Waals surface area contributed by atoms with E-state index < -0.39 is 5.97 Å². The highest BCUT2D eigenvalue weighted by Crippen LogP contribution is 2.34. The molecule has 17 heavy (non-hydrogen) atoms. The summed E-state index contributed by atoms with van der Waals surface area (Å²) < 4.78 is 10.9. The summed E-state index contributed by atoms with van der Waals surface area (Å²) in [5.41, 5.74) is 0.272. The number of fused-ring (bicyclic) bond motifs is 2. The van der Waals surface area contributed by atoms with Crippen molar-refractivity contribution in [3.8, 4) is 11.5 Å². The highest BCUT2D eigenvalue weighted by molar-refractivity contribution is 5.95. The number of aromatic carboxylic acids is 1. The third-order valence-corrected chi connectivity index (χ3v) is 2.75. The van der Waals surface area contributed by atoms with Crippen LogP contribution in [0.15, 0.2) is 30.3 Å². The molecule has 0 fully saturated rings. The molecule has 0 saturated heterocycles. The average Bonchev–Trinajstić information content (AvgIpc) is 2.35. The first kappa shape index (κ1) is 9.96. The molecule has 0 spiro atoms. The lowest BCUT2D eigenvalue weighted by Crippen LogP contribution is -2.15. The van der Waals surface area contributed by atoms with Crippen LogP contribution in [0.5, 0.6) is 11.5 Å². The minimum atomic E-state index is -0.929. The summed E-state index contributed by atoms with van der Waals surface area (Å²) in [6, 6.07) is 8.68. The number of carboxylic acids is 1. The average molecular weight is 230 g/mol. The van der Waals surface area contributed by atoms with E-state index >= 15 is 0 Å². The summed E-state index contributed by atoms with van der Waals surface area (Å²) in [4.78, 5) is 10.9. The van der Waals surface area contributed by atoms with Crippen LogP contribution in [-0.4, -0.2) is 24.3 Å². The molecular formula is C13H10O4. The summed E-state index contributed by atoms with van der Waals surface area (Å²) in [5.74, 6) is 0.458. The maximum atomic E-state index is 10.9. The van der Waals surface area contributed by atoms with Gasteiger partial charge in [-0.2, -0.15) is 0 Å². The Bertz CT molecular complexity index is 604. The molecule has 0 amide bonds. The summed E-state index contributed by atoms with van der Waals surface area (Å²) in [7, 11) is 0. The van der Waals surface area contributed by atoms with Crippen molar-refractivity contribution in [2.75, 3.05) is 13.2 Å². The molecule has 4 heteroatoms. The van der Waals surface area contributed by atoms with Crippen molar-refractivity contribution >= 4 is 16.7 Å². The van der Waals surface area contributed by atoms with Gasteiger partial charge in [0.15, 0.2) is 11.5 Å². The van der Waals surface area contributed by atoms with Gasteiger partial charge in [0.05, 0.1) is 5.56 Å². The van der Waals surface area contributed by atoms with E-state index in [1.54, 1.807) is 18.2 Å². The van der Waals surface area contributed by atoms with E-state index in [9.17, 15) is 4.79 Å². The molecule has 0 atom stereocenters. The maximum Gasteiger partial charge on any atom is 0.335 e. The van der Waals surface area contributed by atoms with E-state index in [0.717, 1.165) is 10.8 Å². The SMILES string of the molecule is O=C(O)c1ccc2cc3c(cc2c1)OCCO3. The number of ether oxygens (including phenoxy) is 2. The van der Waals surface area contributed by atoms with E-state index in [1.807, 2.05) is 12.1 Å². The Morgan fingerprint density at radius 1 is 1.00 bits per heavy atom. The fourth-order valence-electron chi connectivity index (χ4n) is 1.92. The summed E-state index contributed by atoms with van der Waals surface area (Å²) in [5, 5.41) is 10.7. The molecule has 1 heterocycles. The molecule has 4 nitrogen and oxygen atoms in total. The van der Waals surface area contributed by atoms with Crippen molar-refractivity contribution in [1.82, 2.24) is 0 Å². The largest absolute Gasteiger partial charge is 0.486 e. The van der Waals surface area contributed by atoms with Gasteiger partial charge in [0.1, 0.15) is 13.2 Å². The lowest BCUT2D eigenvalue weighted by Gasteiger charge is -2.18. The van der Waals surface area contributed by atoms with Gasteiger partial charge < -0.3 is 14.6 Å². The zero-order valence-electron chi connectivity index (χ0n) is 8.97. The highest BCUT2D eigenvalue weighted by atomic mass is 16.6. The lowest BCUT2D eigenvalue weighted by atomic mass is 10.1. The van der Waals surface area contributed by atoms with Crippen molar-refractivity contribution in [2.45, 2.75) is 0 Å². The molecule has 0 saturated carbocycles. The number of benzene rings is 2. The van der Waals surface area contributed by atoms with E-state index in [1.165, 1.54) is 0 Å². The van der Waals surface area contributed by atoms with Crippen LogP contribution in [0.3, 0.4) is 0 Å². The van der Waals surface area contributed by atoms with E-state index in [-0.39, 0.29) is 5.56 Å².